The fourth-order valence-corrected chi connectivity index (χ4v) is 4.59. The van der Waals surface area contributed by atoms with Gasteiger partial charge in [0, 0.05) is 11.1 Å². The van der Waals surface area contributed by atoms with E-state index in [1.807, 2.05) is 54.5 Å². The topological polar surface area (TPSA) is 48.0 Å². The first-order valence-electron chi connectivity index (χ1n) is 11.8. The van der Waals surface area contributed by atoms with Crippen LogP contribution in [0, 0.1) is 6.92 Å². The summed E-state index contributed by atoms with van der Waals surface area (Å²) in [5.41, 5.74) is 1.98. The Morgan fingerprint density at radius 1 is 1.09 bits per heavy atom. The number of amides is 1. The first-order chi connectivity index (χ1) is 14.3. The molecule has 1 atom stereocenters. The van der Waals surface area contributed by atoms with Crippen molar-refractivity contribution in [3.05, 3.63) is 23.3 Å². The molecule has 1 heterocycles. The highest BCUT2D eigenvalue weighted by Gasteiger charge is 2.39. The van der Waals surface area contributed by atoms with Crippen molar-refractivity contribution in [3.8, 4) is 5.75 Å². The minimum absolute atomic E-state index is 0.0233. The van der Waals surface area contributed by atoms with Crippen LogP contribution in [0.2, 0.25) is 18.1 Å². The molecule has 0 saturated carbocycles. The lowest BCUT2D eigenvalue weighted by molar-refractivity contribution is 0.0549. The van der Waals surface area contributed by atoms with Crippen LogP contribution in [0.25, 0.3) is 0 Å². The molecule has 1 aromatic rings. The maximum absolute atomic E-state index is 13.1. The van der Waals surface area contributed by atoms with Crippen LogP contribution in [-0.2, 0) is 15.6 Å². The Hall–Kier alpha value is -1.53. The van der Waals surface area contributed by atoms with Crippen molar-refractivity contribution in [1.82, 2.24) is 0 Å². The van der Waals surface area contributed by atoms with Crippen molar-refractivity contribution in [2.75, 3.05) is 11.5 Å². The monoisotopic (exact) mass is 463 g/mol. The molecule has 0 radical (unpaired) electrons. The van der Waals surface area contributed by atoms with Gasteiger partial charge in [-0.05, 0) is 91.1 Å². The highest BCUT2D eigenvalue weighted by atomic mass is 28.4. The molecule has 0 saturated heterocycles. The molecule has 1 aliphatic rings. The first-order valence-corrected chi connectivity index (χ1v) is 14.7. The van der Waals surface area contributed by atoms with Gasteiger partial charge in [0.1, 0.15) is 17.5 Å². The number of aryl methyl sites for hydroxylation is 1. The zero-order valence-corrected chi connectivity index (χ0v) is 23.4. The predicted molar refractivity (Wildman–Crippen MR) is 136 cm³/mol. The summed E-state index contributed by atoms with van der Waals surface area (Å²) >= 11 is 0. The van der Waals surface area contributed by atoms with Crippen LogP contribution in [0.3, 0.4) is 0 Å². The molecule has 1 aromatic carbocycles. The molecule has 0 fully saturated rings. The number of carbonyl (C=O) groups is 1. The van der Waals surface area contributed by atoms with Crippen molar-refractivity contribution in [2.24, 2.45) is 0 Å². The van der Waals surface area contributed by atoms with Crippen LogP contribution in [0.1, 0.15) is 79.9 Å². The van der Waals surface area contributed by atoms with E-state index in [0.717, 1.165) is 29.8 Å². The molecule has 2 rings (SSSR count). The summed E-state index contributed by atoms with van der Waals surface area (Å²) in [7, 11) is -1.83. The Balaban J connectivity index is 2.32. The number of fused-ring (bicyclic) bond motifs is 1. The normalized spacial score (nSPS) is 17.4. The van der Waals surface area contributed by atoms with Crippen LogP contribution in [0.15, 0.2) is 12.1 Å². The average molecular weight is 464 g/mol. The Kier molecular flexibility index (Phi) is 7.53. The lowest BCUT2D eigenvalue weighted by Crippen LogP contribution is -2.48. The second-order valence-corrected chi connectivity index (χ2v) is 17.3. The molecule has 182 valence electrons. The number of benzene rings is 1. The number of nitrogens with zero attached hydrogens (tertiary/aromatic N) is 1. The van der Waals surface area contributed by atoms with Gasteiger partial charge >= 0.3 is 6.09 Å². The quantitative estimate of drug-likeness (QED) is 0.441. The van der Waals surface area contributed by atoms with Gasteiger partial charge in [-0.3, -0.25) is 4.90 Å². The van der Waals surface area contributed by atoms with Crippen LogP contribution >= 0.6 is 0 Å². The largest absolute Gasteiger partial charge is 0.487 e. The van der Waals surface area contributed by atoms with Crippen molar-refractivity contribution in [1.29, 1.82) is 0 Å². The number of rotatable bonds is 4. The second-order valence-electron chi connectivity index (χ2n) is 12.5. The van der Waals surface area contributed by atoms with E-state index in [-0.39, 0.29) is 17.2 Å². The molecule has 0 N–H and O–H groups in total. The van der Waals surface area contributed by atoms with Crippen molar-refractivity contribution in [2.45, 2.75) is 117 Å². The number of carbonyl (C=O) groups excluding carboxylic acids is 1. The van der Waals surface area contributed by atoms with Gasteiger partial charge in [0.25, 0.3) is 0 Å². The van der Waals surface area contributed by atoms with E-state index in [9.17, 15) is 4.79 Å². The Morgan fingerprint density at radius 2 is 1.69 bits per heavy atom. The minimum atomic E-state index is -1.83. The molecule has 1 amide bonds. The Morgan fingerprint density at radius 3 is 2.19 bits per heavy atom. The highest BCUT2D eigenvalue weighted by molar-refractivity contribution is 6.74. The molecule has 0 spiro atoms. The number of hydrogen-bond donors (Lipinski definition) is 0. The lowest BCUT2D eigenvalue weighted by atomic mass is 9.96. The van der Waals surface area contributed by atoms with E-state index in [1.54, 1.807) is 4.90 Å². The summed E-state index contributed by atoms with van der Waals surface area (Å²) in [6, 6.07) is 4.12. The van der Waals surface area contributed by atoms with E-state index in [1.165, 1.54) is 5.56 Å². The van der Waals surface area contributed by atoms with Gasteiger partial charge in [-0.15, -0.1) is 0 Å². The molecule has 32 heavy (non-hydrogen) atoms. The summed E-state index contributed by atoms with van der Waals surface area (Å²) in [5, 5.41) is 0.170. The zero-order chi connectivity index (χ0) is 24.7. The first kappa shape index (κ1) is 26.7. The van der Waals surface area contributed by atoms with Gasteiger partial charge in [-0.1, -0.05) is 26.8 Å². The van der Waals surface area contributed by atoms with Crippen molar-refractivity contribution < 1.29 is 18.7 Å². The molecule has 0 bridgehead atoms. The van der Waals surface area contributed by atoms with Gasteiger partial charge in [0.2, 0.25) is 0 Å². The molecule has 0 aromatic heterocycles. The number of hydrogen-bond acceptors (Lipinski definition) is 4. The van der Waals surface area contributed by atoms with Crippen LogP contribution < -0.4 is 9.64 Å². The zero-order valence-electron chi connectivity index (χ0n) is 22.4. The van der Waals surface area contributed by atoms with E-state index >= 15 is 0 Å². The van der Waals surface area contributed by atoms with Gasteiger partial charge in [-0.25, -0.2) is 4.79 Å². The van der Waals surface area contributed by atoms with Crippen LogP contribution in [-0.4, -0.2) is 38.3 Å². The van der Waals surface area contributed by atoms with Crippen LogP contribution in [0.4, 0.5) is 10.5 Å². The molecule has 6 heteroatoms. The third kappa shape index (κ3) is 6.28. The summed E-state index contributed by atoms with van der Waals surface area (Å²) < 4.78 is 18.7. The lowest BCUT2D eigenvalue weighted by Gasteiger charge is -2.39. The summed E-state index contributed by atoms with van der Waals surface area (Å²) in [6.07, 6.45) is 1.57. The van der Waals surface area contributed by atoms with Gasteiger partial charge in [0.05, 0.1) is 12.3 Å². The van der Waals surface area contributed by atoms with Gasteiger partial charge in [-0.2, -0.15) is 0 Å². The summed E-state index contributed by atoms with van der Waals surface area (Å²) in [4.78, 5) is 14.9. The second kappa shape index (κ2) is 9.01. The maximum atomic E-state index is 13.1. The number of ether oxygens (including phenoxy) is 2. The van der Waals surface area contributed by atoms with Crippen LogP contribution in [0.5, 0.6) is 5.75 Å². The predicted octanol–water partition coefficient (Wildman–Crippen LogP) is 7.25. The average Bonchev–Trinajstić information content (AvgIpc) is 2.59. The van der Waals surface area contributed by atoms with E-state index in [0.29, 0.717) is 6.61 Å². The fourth-order valence-electron chi connectivity index (χ4n) is 3.56. The van der Waals surface area contributed by atoms with Crippen molar-refractivity contribution >= 4 is 20.1 Å². The van der Waals surface area contributed by atoms with Crippen molar-refractivity contribution in [3.63, 3.8) is 0 Å². The van der Waals surface area contributed by atoms with E-state index in [4.69, 9.17) is 13.9 Å². The fraction of sp³-hybridized carbons (Fsp3) is 0.731. The minimum Gasteiger partial charge on any atom is -0.487 e. The SMILES string of the molecule is Cc1c(N(C(=O)OC(C)(C)C)C(C)(C)C)ccc2c1OC(CO[Si](C)(C)C(C)(C)C)CC2. The molecular formula is C26H45NO4Si. The van der Waals surface area contributed by atoms with Gasteiger partial charge in [0.15, 0.2) is 8.32 Å². The van der Waals surface area contributed by atoms with E-state index in [2.05, 4.69) is 39.9 Å². The molecule has 5 nitrogen and oxygen atoms in total. The standard InChI is InChI=1S/C26H45NO4Si/c1-18-21(27(24(2,3)4)23(28)31-25(5,6)7)16-14-19-13-15-20(30-22(18)19)17-29-32(11,12)26(8,9)10/h14,16,20H,13,15,17H2,1-12H3. The Labute approximate surface area is 196 Å². The highest BCUT2D eigenvalue weighted by Crippen LogP contribution is 2.41. The Bertz CT molecular complexity index is 828. The molecule has 0 aliphatic carbocycles. The van der Waals surface area contributed by atoms with Gasteiger partial charge < -0.3 is 13.9 Å². The smallest absolute Gasteiger partial charge is 0.415 e. The molecular weight excluding hydrogens is 418 g/mol. The summed E-state index contributed by atoms with van der Waals surface area (Å²) in [5.74, 6) is 0.885. The third-order valence-corrected chi connectivity index (χ3v) is 10.9. The molecule has 1 unspecified atom stereocenters. The van der Waals surface area contributed by atoms with E-state index < -0.39 is 19.5 Å². The number of anilines is 1. The third-order valence-electron chi connectivity index (χ3n) is 6.40. The maximum Gasteiger partial charge on any atom is 0.415 e. The summed E-state index contributed by atoms with van der Waals surface area (Å²) in [6.45, 7) is 25.7. The molecule has 1 aliphatic heterocycles.